The molecule has 0 saturated carbocycles. The van der Waals surface area contributed by atoms with Gasteiger partial charge in [0.2, 0.25) is 0 Å². The Kier molecular flexibility index (Phi) is 4.73. The van der Waals surface area contributed by atoms with Gasteiger partial charge >= 0.3 is 6.08 Å². The Balaban J connectivity index is 1.75. The fourth-order valence-electron chi connectivity index (χ4n) is 3.02. The summed E-state index contributed by atoms with van der Waals surface area (Å²) in [5.74, 6) is 0.943. The molecule has 1 fully saturated rings. The molecule has 0 radical (unpaired) electrons. The van der Waals surface area contributed by atoms with Crippen LogP contribution in [0.4, 0.5) is 15.9 Å². The summed E-state index contributed by atoms with van der Waals surface area (Å²) < 4.78 is 27.6. The molecule has 1 atom stereocenters. The van der Waals surface area contributed by atoms with Crippen LogP contribution in [-0.4, -0.2) is 33.2 Å². The zero-order valence-electron chi connectivity index (χ0n) is 14.1. The Labute approximate surface area is 157 Å². The van der Waals surface area contributed by atoms with Crippen molar-refractivity contribution >= 4 is 38.6 Å². The van der Waals surface area contributed by atoms with E-state index in [2.05, 4.69) is 36.2 Å². The summed E-state index contributed by atoms with van der Waals surface area (Å²) >= 11 is 3.48. The first-order chi connectivity index (χ1) is 12.7. The number of anilines is 2. The van der Waals surface area contributed by atoms with Crippen molar-refractivity contribution in [2.24, 2.45) is 0 Å². The lowest BCUT2D eigenvalue weighted by molar-refractivity contribution is -0.0298. The van der Waals surface area contributed by atoms with Crippen LogP contribution < -0.4 is 10.1 Å². The average molecular weight is 422 g/mol. The molecule has 1 aliphatic rings. The van der Waals surface area contributed by atoms with E-state index in [0.29, 0.717) is 33.7 Å². The maximum atomic E-state index is 14.1. The SMILES string of the molecule is COc1cccc(Nc2nc(F)nc3c2ncn3C2CCCCO2)c1Br. The Hall–Kier alpha value is -2.26. The third-order valence-corrected chi connectivity index (χ3v) is 5.11. The van der Waals surface area contributed by atoms with Crippen molar-refractivity contribution in [2.75, 3.05) is 19.0 Å². The van der Waals surface area contributed by atoms with E-state index in [9.17, 15) is 4.39 Å². The van der Waals surface area contributed by atoms with E-state index in [-0.39, 0.29) is 12.0 Å². The zero-order chi connectivity index (χ0) is 18.1. The highest BCUT2D eigenvalue weighted by Gasteiger charge is 2.21. The number of fused-ring (bicyclic) bond motifs is 1. The van der Waals surface area contributed by atoms with E-state index in [1.165, 1.54) is 0 Å². The van der Waals surface area contributed by atoms with Gasteiger partial charge in [0, 0.05) is 6.61 Å². The molecular formula is C17H17BrFN5O2. The Bertz CT molecular complexity index is 942. The topological polar surface area (TPSA) is 74.1 Å². The molecule has 0 amide bonds. The molecule has 1 N–H and O–H groups in total. The van der Waals surface area contributed by atoms with Crippen LogP contribution in [0.2, 0.25) is 0 Å². The molecule has 9 heteroatoms. The lowest BCUT2D eigenvalue weighted by Crippen LogP contribution is -2.18. The molecule has 3 aromatic rings. The van der Waals surface area contributed by atoms with Crippen LogP contribution in [0.25, 0.3) is 11.2 Å². The second-order valence-electron chi connectivity index (χ2n) is 5.93. The summed E-state index contributed by atoms with van der Waals surface area (Å²) in [7, 11) is 1.58. The molecule has 136 valence electrons. The number of imidazole rings is 1. The minimum atomic E-state index is -0.823. The smallest absolute Gasteiger partial charge is 0.312 e. The first kappa shape index (κ1) is 17.2. The number of nitrogens with one attached hydrogen (secondary N) is 1. The van der Waals surface area contributed by atoms with Gasteiger partial charge in [-0.15, -0.1) is 0 Å². The van der Waals surface area contributed by atoms with Crippen LogP contribution >= 0.6 is 15.9 Å². The highest BCUT2D eigenvalue weighted by Crippen LogP contribution is 2.35. The van der Waals surface area contributed by atoms with Gasteiger partial charge in [0.25, 0.3) is 0 Å². The van der Waals surface area contributed by atoms with E-state index >= 15 is 0 Å². The molecule has 0 aliphatic carbocycles. The average Bonchev–Trinajstić information content (AvgIpc) is 3.08. The lowest BCUT2D eigenvalue weighted by Gasteiger charge is -2.23. The molecule has 7 nitrogen and oxygen atoms in total. The predicted molar refractivity (Wildman–Crippen MR) is 98.1 cm³/mol. The Morgan fingerprint density at radius 1 is 1.35 bits per heavy atom. The third-order valence-electron chi connectivity index (χ3n) is 4.30. The van der Waals surface area contributed by atoms with Crippen LogP contribution in [0.3, 0.4) is 0 Å². The maximum Gasteiger partial charge on any atom is 0.312 e. The summed E-state index contributed by atoms with van der Waals surface area (Å²) in [4.78, 5) is 12.2. The molecular weight excluding hydrogens is 405 g/mol. The van der Waals surface area contributed by atoms with Crippen molar-refractivity contribution in [3.05, 3.63) is 35.1 Å². The van der Waals surface area contributed by atoms with Gasteiger partial charge in [-0.05, 0) is 47.3 Å². The van der Waals surface area contributed by atoms with Crippen molar-refractivity contribution < 1.29 is 13.9 Å². The van der Waals surface area contributed by atoms with Gasteiger partial charge in [-0.3, -0.25) is 4.57 Å². The van der Waals surface area contributed by atoms with Crippen molar-refractivity contribution in [1.82, 2.24) is 19.5 Å². The molecule has 1 saturated heterocycles. The molecule has 0 bridgehead atoms. The summed E-state index contributed by atoms with van der Waals surface area (Å²) in [5.41, 5.74) is 1.58. The summed E-state index contributed by atoms with van der Waals surface area (Å²) in [6, 6.07) is 5.48. The van der Waals surface area contributed by atoms with Gasteiger partial charge in [-0.2, -0.15) is 14.4 Å². The monoisotopic (exact) mass is 421 g/mol. The summed E-state index contributed by atoms with van der Waals surface area (Å²) in [6.45, 7) is 0.680. The second kappa shape index (κ2) is 7.16. The number of benzene rings is 1. The van der Waals surface area contributed by atoms with Crippen molar-refractivity contribution in [2.45, 2.75) is 25.5 Å². The number of halogens is 2. The fraction of sp³-hybridized carbons (Fsp3) is 0.353. The zero-order valence-corrected chi connectivity index (χ0v) is 15.7. The number of nitrogens with zero attached hydrogens (tertiary/aromatic N) is 4. The minimum Gasteiger partial charge on any atom is -0.495 e. The molecule has 3 heterocycles. The largest absolute Gasteiger partial charge is 0.495 e. The van der Waals surface area contributed by atoms with Gasteiger partial charge < -0.3 is 14.8 Å². The Morgan fingerprint density at radius 2 is 2.23 bits per heavy atom. The molecule has 0 spiro atoms. The maximum absolute atomic E-state index is 14.1. The lowest BCUT2D eigenvalue weighted by atomic mass is 10.2. The highest BCUT2D eigenvalue weighted by molar-refractivity contribution is 9.10. The molecule has 1 unspecified atom stereocenters. The molecule has 1 aliphatic heterocycles. The van der Waals surface area contributed by atoms with Gasteiger partial charge in [0.05, 0.1) is 23.6 Å². The van der Waals surface area contributed by atoms with Gasteiger partial charge in [-0.25, -0.2) is 4.98 Å². The van der Waals surface area contributed by atoms with Crippen molar-refractivity contribution in [3.8, 4) is 5.75 Å². The minimum absolute atomic E-state index is 0.181. The fourth-order valence-corrected chi connectivity index (χ4v) is 3.55. The van der Waals surface area contributed by atoms with Crippen LogP contribution in [0, 0.1) is 6.08 Å². The molecule has 4 rings (SSSR count). The van der Waals surface area contributed by atoms with Crippen LogP contribution in [-0.2, 0) is 4.74 Å². The number of methoxy groups -OCH3 is 1. The van der Waals surface area contributed by atoms with Crippen LogP contribution in [0.15, 0.2) is 29.0 Å². The van der Waals surface area contributed by atoms with Crippen molar-refractivity contribution in [3.63, 3.8) is 0 Å². The number of hydrogen-bond acceptors (Lipinski definition) is 6. The normalized spacial score (nSPS) is 17.4. The van der Waals surface area contributed by atoms with Gasteiger partial charge in [0.15, 0.2) is 17.0 Å². The number of ether oxygens (including phenoxy) is 2. The van der Waals surface area contributed by atoms with E-state index in [4.69, 9.17) is 9.47 Å². The summed E-state index contributed by atoms with van der Waals surface area (Å²) in [5, 5.41) is 3.11. The van der Waals surface area contributed by atoms with E-state index in [1.54, 1.807) is 18.0 Å². The van der Waals surface area contributed by atoms with Crippen LogP contribution in [0.5, 0.6) is 5.75 Å². The molecule has 26 heavy (non-hydrogen) atoms. The second-order valence-corrected chi connectivity index (χ2v) is 6.73. The van der Waals surface area contributed by atoms with Crippen LogP contribution in [0.1, 0.15) is 25.5 Å². The first-order valence-electron chi connectivity index (χ1n) is 8.28. The molecule has 2 aromatic heterocycles. The van der Waals surface area contributed by atoms with E-state index < -0.39 is 6.08 Å². The number of hydrogen-bond donors (Lipinski definition) is 1. The first-order valence-corrected chi connectivity index (χ1v) is 9.08. The Morgan fingerprint density at radius 3 is 3.00 bits per heavy atom. The standard InChI is InChI=1S/C17H17BrFN5O2/c1-25-11-6-4-5-10(13(11)18)21-15-14-16(23-17(19)22-15)24(9-20-14)12-7-2-3-8-26-12/h4-6,9,12H,2-3,7-8H2,1H3,(H,21,22,23). The number of aromatic nitrogens is 4. The van der Waals surface area contributed by atoms with Gasteiger partial charge in [0.1, 0.15) is 12.0 Å². The number of rotatable bonds is 4. The predicted octanol–water partition coefficient (Wildman–Crippen LogP) is 4.18. The third kappa shape index (κ3) is 3.12. The van der Waals surface area contributed by atoms with E-state index in [0.717, 1.165) is 19.3 Å². The van der Waals surface area contributed by atoms with Gasteiger partial charge in [-0.1, -0.05) is 6.07 Å². The quantitative estimate of drug-likeness (QED) is 0.636. The van der Waals surface area contributed by atoms with Crippen molar-refractivity contribution in [1.29, 1.82) is 0 Å². The highest BCUT2D eigenvalue weighted by atomic mass is 79.9. The van der Waals surface area contributed by atoms with E-state index in [1.807, 2.05) is 18.2 Å². The molecule has 1 aromatic carbocycles. The summed E-state index contributed by atoms with van der Waals surface area (Å²) in [6.07, 6.45) is 3.56.